The van der Waals surface area contributed by atoms with Crippen molar-refractivity contribution in [2.75, 3.05) is 26.7 Å². The summed E-state index contributed by atoms with van der Waals surface area (Å²) in [6, 6.07) is 6.41. The predicted molar refractivity (Wildman–Crippen MR) is 78.9 cm³/mol. The van der Waals surface area contributed by atoms with Crippen LogP contribution in [0.5, 0.6) is 5.75 Å². The van der Waals surface area contributed by atoms with E-state index in [9.17, 15) is 0 Å². The number of aromatic nitrogens is 1. The minimum atomic E-state index is 0.806. The topological polar surface area (TPSA) is 17.4 Å². The Morgan fingerprint density at radius 1 is 1.26 bits per heavy atom. The highest BCUT2D eigenvalue weighted by Gasteiger charge is 2.14. The third kappa shape index (κ3) is 2.35. The lowest BCUT2D eigenvalue weighted by atomic mass is 10.1. The average molecular weight is 258 g/mol. The average Bonchev–Trinajstić information content (AvgIpc) is 2.80. The fraction of sp³-hybridized carbons (Fsp3) is 0.500. The van der Waals surface area contributed by atoms with Crippen LogP contribution in [0.4, 0.5) is 0 Å². The van der Waals surface area contributed by atoms with Crippen LogP contribution in [-0.2, 0) is 13.0 Å². The Kier molecular flexibility index (Phi) is 3.47. The molecule has 0 saturated carbocycles. The van der Waals surface area contributed by atoms with Crippen molar-refractivity contribution in [3.8, 4) is 5.75 Å². The molecular formula is C16H22N2O. The molecule has 0 spiro atoms. The van der Waals surface area contributed by atoms with Gasteiger partial charge in [0.1, 0.15) is 5.75 Å². The molecule has 0 atom stereocenters. The predicted octanol–water partition coefficient (Wildman–Crippen LogP) is 2.92. The number of ether oxygens (including phenoxy) is 1. The number of likely N-dealkylation sites (N-methyl/N-ethyl adjacent to an activating group) is 1. The summed E-state index contributed by atoms with van der Waals surface area (Å²) >= 11 is 0. The van der Waals surface area contributed by atoms with Gasteiger partial charge in [-0.05, 0) is 44.5 Å². The first-order chi connectivity index (χ1) is 9.29. The Morgan fingerprint density at radius 3 is 3.00 bits per heavy atom. The van der Waals surface area contributed by atoms with Gasteiger partial charge >= 0.3 is 0 Å². The van der Waals surface area contributed by atoms with Gasteiger partial charge in [-0.15, -0.1) is 0 Å². The molecule has 0 bridgehead atoms. The minimum Gasteiger partial charge on any atom is -0.493 e. The number of benzene rings is 1. The number of aryl methyl sites for hydroxylation is 1. The maximum absolute atomic E-state index is 6.00. The highest BCUT2D eigenvalue weighted by atomic mass is 16.5. The van der Waals surface area contributed by atoms with Crippen LogP contribution in [0.15, 0.2) is 24.4 Å². The first-order valence-electron chi connectivity index (χ1n) is 7.21. The SMILES string of the molecule is CCn1cc2c3c(cccc31)OCCCN(C)CC2. The normalized spacial score (nSPS) is 17.4. The molecule has 0 radical (unpaired) electrons. The Balaban J connectivity index is 2.12. The molecule has 19 heavy (non-hydrogen) atoms. The van der Waals surface area contributed by atoms with Gasteiger partial charge in [-0.3, -0.25) is 0 Å². The van der Waals surface area contributed by atoms with Gasteiger partial charge in [-0.25, -0.2) is 0 Å². The molecule has 1 aliphatic rings. The Morgan fingerprint density at radius 2 is 2.16 bits per heavy atom. The molecule has 3 rings (SSSR count). The summed E-state index contributed by atoms with van der Waals surface area (Å²) in [6.45, 7) is 6.24. The van der Waals surface area contributed by atoms with Crippen molar-refractivity contribution >= 4 is 10.9 Å². The van der Waals surface area contributed by atoms with E-state index in [0.29, 0.717) is 0 Å². The standard InChI is InChI=1S/C16H22N2O/c1-3-18-12-13-8-10-17(2)9-5-11-19-15-7-4-6-14(18)16(13)15/h4,6-7,12H,3,5,8-11H2,1-2H3. The van der Waals surface area contributed by atoms with Crippen LogP contribution >= 0.6 is 0 Å². The molecular weight excluding hydrogens is 236 g/mol. The minimum absolute atomic E-state index is 0.806. The van der Waals surface area contributed by atoms with Crippen molar-refractivity contribution in [3.05, 3.63) is 30.0 Å². The summed E-state index contributed by atoms with van der Waals surface area (Å²) in [6.07, 6.45) is 4.49. The lowest BCUT2D eigenvalue weighted by molar-refractivity contribution is 0.263. The molecule has 1 aliphatic heterocycles. The molecule has 1 aromatic carbocycles. The Hall–Kier alpha value is -1.48. The quantitative estimate of drug-likeness (QED) is 0.782. The smallest absolute Gasteiger partial charge is 0.128 e. The van der Waals surface area contributed by atoms with E-state index in [1.54, 1.807) is 0 Å². The number of rotatable bonds is 1. The zero-order valence-corrected chi connectivity index (χ0v) is 11.9. The molecule has 0 saturated heterocycles. The second-order valence-corrected chi connectivity index (χ2v) is 5.35. The summed E-state index contributed by atoms with van der Waals surface area (Å²) in [4.78, 5) is 2.40. The van der Waals surface area contributed by atoms with E-state index < -0.39 is 0 Å². The van der Waals surface area contributed by atoms with Crippen molar-refractivity contribution in [2.45, 2.75) is 26.3 Å². The molecule has 0 N–H and O–H groups in total. The zero-order valence-electron chi connectivity index (χ0n) is 11.9. The summed E-state index contributed by atoms with van der Waals surface area (Å²) in [7, 11) is 2.20. The van der Waals surface area contributed by atoms with Crippen molar-refractivity contribution in [1.82, 2.24) is 9.47 Å². The van der Waals surface area contributed by atoms with Crippen molar-refractivity contribution in [1.29, 1.82) is 0 Å². The second kappa shape index (κ2) is 5.25. The Labute approximate surface area is 114 Å². The highest BCUT2D eigenvalue weighted by molar-refractivity contribution is 5.90. The van der Waals surface area contributed by atoms with E-state index in [-0.39, 0.29) is 0 Å². The van der Waals surface area contributed by atoms with E-state index in [4.69, 9.17) is 4.74 Å². The van der Waals surface area contributed by atoms with E-state index in [2.05, 4.69) is 47.8 Å². The van der Waals surface area contributed by atoms with Gasteiger partial charge < -0.3 is 14.2 Å². The van der Waals surface area contributed by atoms with Crippen LogP contribution in [0.25, 0.3) is 10.9 Å². The van der Waals surface area contributed by atoms with Crippen molar-refractivity contribution in [2.24, 2.45) is 0 Å². The van der Waals surface area contributed by atoms with Gasteiger partial charge in [0.15, 0.2) is 0 Å². The maximum atomic E-state index is 6.00. The van der Waals surface area contributed by atoms with Gasteiger partial charge in [-0.2, -0.15) is 0 Å². The second-order valence-electron chi connectivity index (χ2n) is 5.35. The molecule has 3 nitrogen and oxygen atoms in total. The third-order valence-corrected chi connectivity index (χ3v) is 3.99. The fourth-order valence-corrected chi connectivity index (χ4v) is 2.92. The van der Waals surface area contributed by atoms with Crippen LogP contribution in [0.1, 0.15) is 18.9 Å². The first-order valence-corrected chi connectivity index (χ1v) is 7.21. The molecule has 0 amide bonds. The summed E-state index contributed by atoms with van der Waals surface area (Å²) in [5, 5.41) is 1.32. The molecule has 0 fully saturated rings. The lowest BCUT2D eigenvalue weighted by Crippen LogP contribution is -2.24. The van der Waals surface area contributed by atoms with Crippen LogP contribution in [-0.4, -0.2) is 36.2 Å². The maximum Gasteiger partial charge on any atom is 0.128 e. The van der Waals surface area contributed by atoms with Crippen LogP contribution in [0.2, 0.25) is 0 Å². The third-order valence-electron chi connectivity index (χ3n) is 3.99. The van der Waals surface area contributed by atoms with Gasteiger partial charge in [0, 0.05) is 31.2 Å². The highest BCUT2D eigenvalue weighted by Crippen LogP contribution is 2.31. The zero-order chi connectivity index (χ0) is 13.2. The molecule has 0 aliphatic carbocycles. The van der Waals surface area contributed by atoms with Gasteiger partial charge in [0.2, 0.25) is 0 Å². The van der Waals surface area contributed by atoms with Gasteiger partial charge in [0.25, 0.3) is 0 Å². The number of nitrogens with zero attached hydrogens (tertiary/aromatic N) is 2. The van der Waals surface area contributed by atoms with Crippen LogP contribution < -0.4 is 4.74 Å². The monoisotopic (exact) mass is 258 g/mol. The largest absolute Gasteiger partial charge is 0.493 e. The number of hydrogen-bond acceptors (Lipinski definition) is 2. The first kappa shape index (κ1) is 12.5. The van der Waals surface area contributed by atoms with Gasteiger partial charge in [0.05, 0.1) is 12.1 Å². The van der Waals surface area contributed by atoms with E-state index in [0.717, 1.165) is 44.8 Å². The lowest BCUT2D eigenvalue weighted by Gasteiger charge is -2.18. The molecule has 1 aromatic heterocycles. The van der Waals surface area contributed by atoms with Crippen LogP contribution in [0, 0.1) is 0 Å². The molecule has 2 heterocycles. The molecule has 102 valence electrons. The van der Waals surface area contributed by atoms with Crippen molar-refractivity contribution < 1.29 is 4.74 Å². The summed E-state index contributed by atoms with van der Waals surface area (Å²) < 4.78 is 8.33. The summed E-state index contributed by atoms with van der Waals surface area (Å²) in [5.41, 5.74) is 2.72. The van der Waals surface area contributed by atoms with Crippen LogP contribution in [0.3, 0.4) is 0 Å². The van der Waals surface area contributed by atoms with E-state index in [1.165, 1.54) is 16.5 Å². The van der Waals surface area contributed by atoms with Crippen molar-refractivity contribution in [3.63, 3.8) is 0 Å². The van der Waals surface area contributed by atoms with Gasteiger partial charge in [-0.1, -0.05) is 6.07 Å². The number of hydrogen-bond donors (Lipinski definition) is 0. The van der Waals surface area contributed by atoms with E-state index >= 15 is 0 Å². The van der Waals surface area contributed by atoms with E-state index in [1.807, 2.05) is 0 Å². The fourth-order valence-electron chi connectivity index (χ4n) is 2.92. The summed E-state index contributed by atoms with van der Waals surface area (Å²) in [5.74, 6) is 1.06. The molecule has 3 heteroatoms. The molecule has 0 unspecified atom stereocenters. The molecule has 2 aromatic rings. The Bertz CT molecular complexity index is 573.